The highest BCUT2D eigenvalue weighted by atomic mass is 16.2. The normalized spacial score (nSPS) is 20.1. The van der Waals surface area contributed by atoms with E-state index in [9.17, 15) is 4.79 Å². The summed E-state index contributed by atoms with van der Waals surface area (Å²) in [4.78, 5) is 17.8. The van der Waals surface area contributed by atoms with Crippen molar-refractivity contribution in [1.29, 1.82) is 0 Å². The average Bonchev–Trinajstić information content (AvgIpc) is 2.86. The first-order valence-corrected chi connectivity index (χ1v) is 5.97. The summed E-state index contributed by atoms with van der Waals surface area (Å²) in [6.45, 7) is 8.84. The van der Waals surface area contributed by atoms with E-state index in [1.165, 1.54) is 6.20 Å². The lowest BCUT2D eigenvalue weighted by atomic mass is 10.2. The Hall–Kier alpha value is -1.42. The highest BCUT2D eigenvalue weighted by Gasteiger charge is 2.24. The van der Waals surface area contributed by atoms with E-state index in [1.54, 1.807) is 11.0 Å². The van der Waals surface area contributed by atoms with Gasteiger partial charge in [-0.2, -0.15) is 0 Å². The molecule has 1 saturated heterocycles. The maximum atomic E-state index is 12.0. The van der Waals surface area contributed by atoms with Gasteiger partial charge in [0.05, 0.1) is 6.04 Å². The van der Waals surface area contributed by atoms with Crippen LogP contribution >= 0.6 is 0 Å². The topological polar surface area (TPSA) is 44.7 Å². The zero-order valence-corrected chi connectivity index (χ0v) is 10.5. The largest absolute Gasteiger partial charge is 0.344 e. The molecule has 0 radical (unpaired) electrons. The first kappa shape index (κ1) is 13.6. The third-order valence-electron chi connectivity index (χ3n) is 2.93. The molecule has 0 unspecified atom stereocenters. The van der Waals surface area contributed by atoms with Crippen molar-refractivity contribution < 1.29 is 4.79 Å². The van der Waals surface area contributed by atoms with Gasteiger partial charge in [-0.3, -0.25) is 9.79 Å². The van der Waals surface area contributed by atoms with Crippen molar-refractivity contribution in [2.75, 3.05) is 20.1 Å². The van der Waals surface area contributed by atoms with E-state index in [0.29, 0.717) is 13.0 Å². The second kappa shape index (κ2) is 7.01. The zero-order chi connectivity index (χ0) is 12.7. The van der Waals surface area contributed by atoms with Crippen molar-refractivity contribution in [3.05, 3.63) is 25.4 Å². The van der Waals surface area contributed by atoms with Gasteiger partial charge in [-0.05, 0) is 25.5 Å². The monoisotopic (exact) mass is 235 g/mol. The highest BCUT2D eigenvalue weighted by molar-refractivity contribution is 5.95. The number of hydrogen-bond acceptors (Lipinski definition) is 3. The maximum Gasteiger partial charge on any atom is 0.239 e. The summed E-state index contributed by atoms with van der Waals surface area (Å²) in [5.74, 6) is 0.171. The number of allylic oxidation sites excluding steroid dienone is 1. The SMILES string of the molecule is C=CN=C(C=C)CCN(C)C(=O)[C@@H]1CCCN1. The van der Waals surface area contributed by atoms with E-state index in [4.69, 9.17) is 0 Å². The molecule has 0 saturated carbocycles. The van der Waals surface area contributed by atoms with Crippen LogP contribution in [0.4, 0.5) is 0 Å². The van der Waals surface area contributed by atoms with Crippen molar-refractivity contribution in [2.24, 2.45) is 4.99 Å². The molecule has 1 heterocycles. The van der Waals surface area contributed by atoms with E-state index in [-0.39, 0.29) is 11.9 Å². The molecule has 4 heteroatoms. The van der Waals surface area contributed by atoms with Gasteiger partial charge in [0, 0.05) is 31.9 Å². The van der Waals surface area contributed by atoms with Crippen molar-refractivity contribution in [2.45, 2.75) is 25.3 Å². The highest BCUT2D eigenvalue weighted by Crippen LogP contribution is 2.08. The van der Waals surface area contributed by atoms with Gasteiger partial charge in [-0.1, -0.05) is 13.2 Å². The lowest BCUT2D eigenvalue weighted by molar-refractivity contribution is -0.131. The van der Waals surface area contributed by atoms with Gasteiger partial charge in [0.15, 0.2) is 0 Å². The fraction of sp³-hybridized carbons (Fsp3) is 0.538. The quantitative estimate of drug-likeness (QED) is 0.706. The van der Waals surface area contributed by atoms with Crippen LogP contribution in [0.25, 0.3) is 0 Å². The molecule has 1 aliphatic rings. The van der Waals surface area contributed by atoms with E-state index in [1.807, 2.05) is 7.05 Å². The Kier molecular flexibility index (Phi) is 5.63. The maximum absolute atomic E-state index is 12.0. The van der Waals surface area contributed by atoms with Crippen LogP contribution in [0.5, 0.6) is 0 Å². The van der Waals surface area contributed by atoms with Crippen LogP contribution in [-0.2, 0) is 4.79 Å². The molecule has 0 spiro atoms. The molecule has 17 heavy (non-hydrogen) atoms. The Morgan fingerprint density at radius 3 is 2.88 bits per heavy atom. The summed E-state index contributed by atoms with van der Waals surface area (Å²) in [5, 5.41) is 3.21. The molecular weight excluding hydrogens is 214 g/mol. The molecule has 0 aromatic carbocycles. The summed E-state index contributed by atoms with van der Waals surface area (Å²) in [6.07, 6.45) is 5.94. The summed E-state index contributed by atoms with van der Waals surface area (Å²) in [6, 6.07) is 0.00326. The molecule has 0 aliphatic carbocycles. The molecule has 94 valence electrons. The molecule has 4 nitrogen and oxygen atoms in total. The van der Waals surface area contributed by atoms with Crippen molar-refractivity contribution in [1.82, 2.24) is 10.2 Å². The molecule has 1 rings (SSSR count). The Balaban J connectivity index is 2.40. The summed E-state index contributed by atoms with van der Waals surface area (Å²) in [7, 11) is 1.83. The summed E-state index contributed by atoms with van der Waals surface area (Å²) < 4.78 is 0. The van der Waals surface area contributed by atoms with Crippen LogP contribution in [0.1, 0.15) is 19.3 Å². The van der Waals surface area contributed by atoms with Crippen LogP contribution in [-0.4, -0.2) is 42.7 Å². The molecule has 0 bridgehead atoms. The minimum absolute atomic E-state index is 0.00326. The van der Waals surface area contributed by atoms with Gasteiger partial charge in [-0.15, -0.1) is 0 Å². The number of hydrogen-bond donors (Lipinski definition) is 1. The Labute approximate surface area is 103 Å². The van der Waals surface area contributed by atoms with Gasteiger partial charge in [-0.25, -0.2) is 0 Å². The van der Waals surface area contributed by atoms with Gasteiger partial charge in [0.2, 0.25) is 5.91 Å². The van der Waals surface area contributed by atoms with Gasteiger partial charge in [0.25, 0.3) is 0 Å². The Morgan fingerprint density at radius 1 is 1.59 bits per heavy atom. The molecular formula is C13H21N3O. The van der Waals surface area contributed by atoms with Crippen molar-refractivity contribution in [3.63, 3.8) is 0 Å². The van der Waals surface area contributed by atoms with Crippen LogP contribution in [0.3, 0.4) is 0 Å². The Bertz CT molecular complexity index is 317. The van der Waals surface area contributed by atoms with Gasteiger partial charge >= 0.3 is 0 Å². The standard InChI is InChI=1S/C13H21N3O/c1-4-11(14-5-2)8-10-16(3)13(17)12-7-6-9-15-12/h4-5,12,15H,1-2,6-10H2,3H3/t12-/m0/s1. The molecule has 0 aromatic rings. The summed E-state index contributed by atoms with van der Waals surface area (Å²) >= 11 is 0. The second-order valence-corrected chi connectivity index (χ2v) is 4.17. The lowest BCUT2D eigenvalue weighted by Crippen LogP contribution is -2.42. The summed E-state index contributed by atoms with van der Waals surface area (Å²) in [5.41, 5.74) is 0.860. The molecule has 1 atom stereocenters. The van der Waals surface area contributed by atoms with E-state index < -0.39 is 0 Å². The van der Waals surface area contributed by atoms with E-state index in [2.05, 4.69) is 23.5 Å². The average molecular weight is 235 g/mol. The predicted octanol–water partition coefficient (Wildman–Crippen LogP) is 1.36. The second-order valence-electron chi connectivity index (χ2n) is 4.17. The molecule has 0 aromatic heterocycles. The van der Waals surface area contributed by atoms with Crippen molar-refractivity contribution in [3.8, 4) is 0 Å². The number of nitrogens with one attached hydrogen (secondary N) is 1. The molecule has 1 aliphatic heterocycles. The number of carbonyl (C=O) groups excluding carboxylic acids is 1. The third-order valence-corrected chi connectivity index (χ3v) is 2.93. The van der Waals surface area contributed by atoms with Crippen LogP contribution in [0.15, 0.2) is 30.4 Å². The fourth-order valence-corrected chi connectivity index (χ4v) is 1.89. The number of nitrogens with zero attached hydrogens (tertiary/aromatic N) is 2. The fourth-order valence-electron chi connectivity index (χ4n) is 1.89. The third kappa shape index (κ3) is 4.15. The first-order valence-electron chi connectivity index (χ1n) is 5.97. The molecule has 1 N–H and O–H groups in total. The van der Waals surface area contributed by atoms with Gasteiger partial charge in [0.1, 0.15) is 0 Å². The van der Waals surface area contributed by atoms with E-state index >= 15 is 0 Å². The zero-order valence-electron chi connectivity index (χ0n) is 10.5. The van der Waals surface area contributed by atoms with Gasteiger partial charge < -0.3 is 10.2 Å². The number of rotatable bonds is 6. The van der Waals surface area contributed by atoms with Crippen LogP contribution in [0.2, 0.25) is 0 Å². The number of amides is 1. The molecule has 1 amide bonds. The van der Waals surface area contributed by atoms with Crippen LogP contribution < -0.4 is 5.32 Å². The number of aliphatic imine (C=N–C) groups is 1. The predicted molar refractivity (Wildman–Crippen MR) is 71.1 cm³/mol. The number of likely N-dealkylation sites (N-methyl/N-ethyl adjacent to an activating group) is 1. The first-order chi connectivity index (χ1) is 8.19. The molecule has 1 fully saturated rings. The minimum Gasteiger partial charge on any atom is -0.344 e. The Morgan fingerprint density at radius 2 is 2.35 bits per heavy atom. The number of carbonyl (C=O) groups is 1. The smallest absolute Gasteiger partial charge is 0.239 e. The lowest BCUT2D eigenvalue weighted by Gasteiger charge is -2.21. The minimum atomic E-state index is 0.00326. The van der Waals surface area contributed by atoms with E-state index in [0.717, 1.165) is 25.1 Å². The van der Waals surface area contributed by atoms with Crippen molar-refractivity contribution >= 4 is 11.6 Å². The van der Waals surface area contributed by atoms with Crippen LogP contribution in [0, 0.1) is 0 Å².